The first kappa shape index (κ1) is 17.7. The van der Waals surface area contributed by atoms with Crippen LogP contribution in [0.4, 0.5) is 0 Å². The first-order valence-electron chi connectivity index (χ1n) is 7.80. The van der Waals surface area contributed by atoms with Crippen LogP contribution < -0.4 is 10.7 Å². The summed E-state index contributed by atoms with van der Waals surface area (Å²) < 4.78 is 6.20. The number of nitrogens with one attached hydrogen (secondary N) is 1. The number of hydrogen-bond donors (Lipinski definition) is 1. The molecule has 1 aromatic carbocycles. The lowest BCUT2D eigenvalue weighted by atomic mass is 9.99. The van der Waals surface area contributed by atoms with Crippen LogP contribution in [0.15, 0.2) is 35.3 Å². The van der Waals surface area contributed by atoms with E-state index in [-0.39, 0.29) is 23.8 Å². The zero-order valence-corrected chi connectivity index (χ0v) is 14.0. The molecule has 0 aliphatic carbocycles. The van der Waals surface area contributed by atoms with Gasteiger partial charge in [-0.25, -0.2) is 4.79 Å². The molecule has 0 radical (unpaired) electrons. The van der Waals surface area contributed by atoms with Gasteiger partial charge in [0, 0.05) is 5.39 Å². The Morgan fingerprint density at radius 2 is 2.04 bits per heavy atom. The molecule has 0 fully saturated rings. The van der Waals surface area contributed by atoms with Crippen molar-refractivity contribution in [3.05, 3.63) is 40.7 Å². The summed E-state index contributed by atoms with van der Waals surface area (Å²) in [5.74, 6) is -0.900. The molecule has 0 spiro atoms. The Kier molecular flexibility index (Phi) is 5.68. The lowest BCUT2D eigenvalue weighted by Crippen LogP contribution is -2.46. The average molecular weight is 331 g/mol. The third-order valence-corrected chi connectivity index (χ3v) is 4.04. The summed E-state index contributed by atoms with van der Waals surface area (Å²) in [4.78, 5) is 36.0. The third-order valence-electron chi connectivity index (χ3n) is 4.04. The summed E-state index contributed by atoms with van der Waals surface area (Å²) in [6.45, 7) is 3.71. The molecule has 24 heavy (non-hydrogen) atoms. The van der Waals surface area contributed by atoms with E-state index in [1.54, 1.807) is 24.3 Å². The Bertz CT molecular complexity index is 800. The number of ether oxygens (including phenoxy) is 1. The van der Waals surface area contributed by atoms with Crippen molar-refractivity contribution >= 4 is 22.8 Å². The van der Waals surface area contributed by atoms with Gasteiger partial charge >= 0.3 is 5.97 Å². The maximum absolute atomic E-state index is 12.3. The lowest BCUT2D eigenvalue weighted by molar-refractivity contribution is -0.146. The molecule has 1 heterocycles. The quantitative estimate of drug-likeness (QED) is 0.801. The predicted molar refractivity (Wildman–Crippen MR) is 89.4 cm³/mol. The van der Waals surface area contributed by atoms with E-state index in [9.17, 15) is 14.4 Å². The number of hydrogen-bond acceptors (Lipinski definition) is 5. The monoisotopic (exact) mass is 331 g/mol. The number of benzene rings is 1. The number of nitrogens with zero attached hydrogens (tertiary/aromatic N) is 2. The van der Waals surface area contributed by atoms with Crippen LogP contribution >= 0.6 is 0 Å². The molecule has 7 nitrogen and oxygen atoms in total. The third kappa shape index (κ3) is 3.79. The molecule has 0 aliphatic rings. The number of carbonyl (C=O) groups excluding carboxylic acids is 2. The summed E-state index contributed by atoms with van der Waals surface area (Å²) in [6.07, 6.45) is 1.90. The molecule has 0 saturated carbocycles. The molecular formula is C17H21N3O4. The molecule has 1 amide bonds. The molecule has 2 aromatic rings. The molecule has 1 aromatic heterocycles. The molecule has 0 unspecified atom stereocenters. The summed E-state index contributed by atoms with van der Waals surface area (Å²) in [5, 5.41) is 7.20. The first-order chi connectivity index (χ1) is 11.5. The summed E-state index contributed by atoms with van der Waals surface area (Å²) in [5.41, 5.74) is 0.368. The largest absolute Gasteiger partial charge is 0.467 e. The second-order valence-electron chi connectivity index (χ2n) is 5.64. The summed E-state index contributed by atoms with van der Waals surface area (Å²) in [7, 11) is 1.29. The van der Waals surface area contributed by atoms with Crippen LogP contribution in [0.2, 0.25) is 0 Å². The molecule has 0 bridgehead atoms. The van der Waals surface area contributed by atoms with Crippen LogP contribution in [-0.2, 0) is 20.9 Å². The number of methoxy groups -OCH3 is 1. The highest BCUT2D eigenvalue weighted by Crippen LogP contribution is 2.10. The van der Waals surface area contributed by atoms with Gasteiger partial charge in [-0.05, 0) is 18.1 Å². The minimum Gasteiger partial charge on any atom is -0.467 e. The number of esters is 1. The van der Waals surface area contributed by atoms with Crippen molar-refractivity contribution in [3.63, 3.8) is 0 Å². The first-order valence-corrected chi connectivity index (χ1v) is 7.80. The average Bonchev–Trinajstić information content (AvgIpc) is 2.61. The number of aromatic nitrogens is 2. The number of rotatable bonds is 6. The van der Waals surface area contributed by atoms with Gasteiger partial charge in [0.05, 0.1) is 18.8 Å². The Morgan fingerprint density at radius 1 is 1.33 bits per heavy atom. The van der Waals surface area contributed by atoms with Gasteiger partial charge in [-0.3, -0.25) is 14.3 Å². The molecule has 2 rings (SSSR count). The zero-order valence-electron chi connectivity index (χ0n) is 14.0. The van der Waals surface area contributed by atoms with Crippen LogP contribution in [-0.4, -0.2) is 34.8 Å². The Balaban J connectivity index is 2.22. The number of carbonyl (C=O) groups is 2. The van der Waals surface area contributed by atoms with Crippen molar-refractivity contribution in [1.29, 1.82) is 0 Å². The predicted octanol–water partition coefficient (Wildman–Crippen LogP) is 1.10. The highest BCUT2D eigenvalue weighted by molar-refractivity contribution is 5.86. The maximum atomic E-state index is 12.3. The normalized spacial score (nSPS) is 13.3. The fourth-order valence-electron chi connectivity index (χ4n) is 2.44. The SMILES string of the molecule is CC[C@@H](C)[C@@H](NC(=O)Cn1ncc(=O)c2ccccc21)C(=O)OC. The summed E-state index contributed by atoms with van der Waals surface area (Å²) in [6, 6.07) is 6.23. The van der Waals surface area contributed by atoms with Gasteiger partial charge in [-0.15, -0.1) is 0 Å². The van der Waals surface area contributed by atoms with E-state index in [1.165, 1.54) is 18.0 Å². The fraction of sp³-hybridized carbons (Fsp3) is 0.412. The minimum absolute atomic E-state index is 0.0554. The van der Waals surface area contributed by atoms with Crippen molar-refractivity contribution in [3.8, 4) is 0 Å². The Hall–Kier alpha value is -2.70. The molecule has 0 saturated heterocycles. The van der Waals surface area contributed by atoms with Gasteiger partial charge in [-0.2, -0.15) is 5.10 Å². The molecule has 128 valence electrons. The van der Waals surface area contributed by atoms with Crippen LogP contribution in [0.1, 0.15) is 20.3 Å². The van der Waals surface area contributed by atoms with E-state index in [1.807, 2.05) is 13.8 Å². The van der Waals surface area contributed by atoms with E-state index >= 15 is 0 Å². The Labute approximate surface area is 139 Å². The molecule has 1 N–H and O–H groups in total. The zero-order chi connectivity index (χ0) is 17.7. The van der Waals surface area contributed by atoms with Crippen LogP contribution in [0.5, 0.6) is 0 Å². The van der Waals surface area contributed by atoms with Gasteiger partial charge < -0.3 is 10.1 Å². The van der Waals surface area contributed by atoms with Crippen LogP contribution in [0, 0.1) is 5.92 Å². The smallest absolute Gasteiger partial charge is 0.328 e. The molecule has 2 atom stereocenters. The second-order valence-corrected chi connectivity index (χ2v) is 5.64. The van der Waals surface area contributed by atoms with Crippen molar-refractivity contribution in [2.75, 3.05) is 7.11 Å². The van der Waals surface area contributed by atoms with Crippen molar-refractivity contribution in [2.24, 2.45) is 5.92 Å². The van der Waals surface area contributed by atoms with Crippen LogP contribution in [0.3, 0.4) is 0 Å². The number of fused-ring (bicyclic) bond motifs is 1. The molecular weight excluding hydrogens is 310 g/mol. The van der Waals surface area contributed by atoms with Gasteiger partial charge in [-0.1, -0.05) is 32.4 Å². The minimum atomic E-state index is -0.710. The highest BCUT2D eigenvalue weighted by atomic mass is 16.5. The van der Waals surface area contributed by atoms with Gasteiger partial charge in [0.25, 0.3) is 0 Å². The number of para-hydroxylation sites is 1. The lowest BCUT2D eigenvalue weighted by Gasteiger charge is -2.22. The Morgan fingerprint density at radius 3 is 2.71 bits per heavy atom. The molecule has 0 aliphatic heterocycles. The van der Waals surface area contributed by atoms with Gasteiger partial charge in [0.15, 0.2) is 0 Å². The van der Waals surface area contributed by atoms with Crippen molar-refractivity contribution in [1.82, 2.24) is 15.1 Å². The standard InChI is InChI=1S/C17H21N3O4/c1-4-11(2)16(17(23)24-3)19-15(22)10-20-13-8-6-5-7-12(13)14(21)9-18-20/h5-9,11,16H,4,10H2,1-3H3,(H,19,22)/t11-,16-/m1/s1. The second kappa shape index (κ2) is 7.72. The van der Waals surface area contributed by atoms with E-state index in [2.05, 4.69) is 10.4 Å². The maximum Gasteiger partial charge on any atom is 0.328 e. The van der Waals surface area contributed by atoms with Crippen molar-refractivity contribution < 1.29 is 14.3 Å². The van der Waals surface area contributed by atoms with E-state index in [0.29, 0.717) is 10.9 Å². The summed E-state index contributed by atoms with van der Waals surface area (Å²) >= 11 is 0. The van der Waals surface area contributed by atoms with E-state index in [0.717, 1.165) is 6.42 Å². The van der Waals surface area contributed by atoms with E-state index < -0.39 is 12.0 Å². The van der Waals surface area contributed by atoms with Crippen molar-refractivity contribution in [2.45, 2.75) is 32.9 Å². The van der Waals surface area contributed by atoms with E-state index in [4.69, 9.17) is 4.74 Å². The number of amides is 1. The highest BCUT2D eigenvalue weighted by Gasteiger charge is 2.26. The van der Waals surface area contributed by atoms with Gasteiger partial charge in [0.1, 0.15) is 12.6 Å². The molecule has 7 heteroatoms. The fourth-order valence-corrected chi connectivity index (χ4v) is 2.44. The topological polar surface area (TPSA) is 90.3 Å². The van der Waals surface area contributed by atoms with Gasteiger partial charge in [0.2, 0.25) is 11.3 Å². The van der Waals surface area contributed by atoms with Crippen LogP contribution in [0.25, 0.3) is 10.9 Å².